The molecule has 1 saturated heterocycles. The molecular weight excluding hydrogens is 260 g/mol. The minimum atomic E-state index is -0.189. The van der Waals surface area contributed by atoms with Gasteiger partial charge in [0.15, 0.2) is 0 Å². The predicted octanol–water partition coefficient (Wildman–Crippen LogP) is 3.83. The van der Waals surface area contributed by atoms with Crippen molar-refractivity contribution in [2.24, 2.45) is 5.92 Å². The number of nitrogens with zero attached hydrogens (tertiary/aromatic N) is 1. The topological polar surface area (TPSA) is 32.3 Å². The van der Waals surface area contributed by atoms with Crippen LogP contribution in [-0.4, -0.2) is 28.6 Å². The van der Waals surface area contributed by atoms with Crippen LogP contribution in [-0.2, 0) is 4.79 Å². The molecule has 1 N–H and O–H groups in total. The number of rotatable bonds is 3. The summed E-state index contributed by atoms with van der Waals surface area (Å²) < 4.78 is 0. The van der Waals surface area contributed by atoms with Crippen LogP contribution >= 0.6 is 0 Å². The van der Waals surface area contributed by atoms with Crippen molar-refractivity contribution < 1.29 is 4.79 Å². The Balaban J connectivity index is 1.80. The number of amides is 1. The average Bonchev–Trinajstić information content (AvgIpc) is 2.88. The monoisotopic (exact) mass is 292 g/mol. The van der Waals surface area contributed by atoms with Gasteiger partial charge in [0.05, 0.1) is 11.7 Å². The standard InChI is InChI=1S/C18H32N2O/c1-14(2)13-16-19-18(11-7-8-12-18)17(21)20(16)15-9-5-3-4-6-10-15/h14-16,19H,3-13H2,1-2H3. The largest absolute Gasteiger partial charge is 0.323 e. The number of hydrogen-bond donors (Lipinski definition) is 1. The van der Waals surface area contributed by atoms with Crippen molar-refractivity contribution in [3.05, 3.63) is 0 Å². The fraction of sp³-hybridized carbons (Fsp3) is 0.944. The van der Waals surface area contributed by atoms with Gasteiger partial charge in [-0.05, 0) is 38.0 Å². The van der Waals surface area contributed by atoms with Gasteiger partial charge in [-0.15, -0.1) is 0 Å². The first kappa shape index (κ1) is 15.3. The highest BCUT2D eigenvalue weighted by Crippen LogP contribution is 2.40. The first-order valence-corrected chi connectivity index (χ1v) is 9.23. The molecule has 0 bridgehead atoms. The van der Waals surface area contributed by atoms with Gasteiger partial charge in [-0.2, -0.15) is 0 Å². The molecule has 3 nitrogen and oxygen atoms in total. The van der Waals surface area contributed by atoms with Gasteiger partial charge < -0.3 is 4.90 Å². The van der Waals surface area contributed by atoms with E-state index in [1.165, 1.54) is 51.4 Å². The third kappa shape index (κ3) is 2.99. The Bertz CT molecular complexity index is 365. The van der Waals surface area contributed by atoms with Crippen LogP contribution in [0.25, 0.3) is 0 Å². The van der Waals surface area contributed by atoms with Crippen molar-refractivity contribution in [3.63, 3.8) is 0 Å². The van der Waals surface area contributed by atoms with Crippen LogP contribution in [0.1, 0.15) is 84.5 Å². The van der Waals surface area contributed by atoms with E-state index in [1.807, 2.05) is 0 Å². The van der Waals surface area contributed by atoms with E-state index in [2.05, 4.69) is 24.1 Å². The van der Waals surface area contributed by atoms with Gasteiger partial charge in [-0.3, -0.25) is 10.1 Å². The predicted molar refractivity (Wildman–Crippen MR) is 85.9 cm³/mol. The first-order valence-electron chi connectivity index (χ1n) is 9.23. The zero-order valence-electron chi connectivity index (χ0n) is 13.9. The van der Waals surface area contributed by atoms with Crippen molar-refractivity contribution in [2.75, 3.05) is 0 Å². The summed E-state index contributed by atoms with van der Waals surface area (Å²) in [6.07, 6.45) is 13.7. The Morgan fingerprint density at radius 1 is 1.10 bits per heavy atom. The van der Waals surface area contributed by atoms with Crippen molar-refractivity contribution in [1.29, 1.82) is 0 Å². The van der Waals surface area contributed by atoms with Gasteiger partial charge in [-0.1, -0.05) is 52.4 Å². The van der Waals surface area contributed by atoms with E-state index in [9.17, 15) is 4.79 Å². The van der Waals surface area contributed by atoms with Gasteiger partial charge in [0.25, 0.3) is 0 Å². The number of hydrogen-bond acceptors (Lipinski definition) is 2. The molecule has 21 heavy (non-hydrogen) atoms. The SMILES string of the molecule is CC(C)CC1NC2(CCCC2)C(=O)N1C1CCCCCC1. The quantitative estimate of drug-likeness (QED) is 0.802. The zero-order valence-corrected chi connectivity index (χ0v) is 13.9. The van der Waals surface area contributed by atoms with Crippen LogP contribution in [0.3, 0.4) is 0 Å². The summed E-state index contributed by atoms with van der Waals surface area (Å²) in [6.45, 7) is 4.55. The molecule has 2 aliphatic carbocycles. The Kier molecular flexibility index (Phi) is 4.58. The molecule has 3 rings (SSSR count). The lowest BCUT2D eigenvalue weighted by Gasteiger charge is -2.33. The molecule has 1 heterocycles. The van der Waals surface area contributed by atoms with Crippen molar-refractivity contribution in [3.8, 4) is 0 Å². The van der Waals surface area contributed by atoms with Gasteiger partial charge in [-0.25, -0.2) is 0 Å². The average molecular weight is 292 g/mol. The lowest BCUT2D eigenvalue weighted by Crippen LogP contribution is -2.45. The van der Waals surface area contributed by atoms with Gasteiger partial charge in [0.2, 0.25) is 5.91 Å². The summed E-state index contributed by atoms with van der Waals surface area (Å²) in [7, 11) is 0. The summed E-state index contributed by atoms with van der Waals surface area (Å²) in [5.41, 5.74) is -0.189. The molecule has 0 aromatic carbocycles. The third-order valence-electron chi connectivity index (χ3n) is 5.79. The second-order valence-corrected chi connectivity index (χ2v) is 7.94. The molecule has 1 spiro atoms. The molecule has 3 aliphatic rings. The summed E-state index contributed by atoms with van der Waals surface area (Å²) in [6, 6.07) is 0.497. The fourth-order valence-electron chi connectivity index (χ4n) is 4.75. The maximum Gasteiger partial charge on any atom is 0.244 e. The maximum atomic E-state index is 13.2. The van der Waals surface area contributed by atoms with Crippen molar-refractivity contribution in [1.82, 2.24) is 10.2 Å². The van der Waals surface area contributed by atoms with Gasteiger partial charge >= 0.3 is 0 Å². The number of nitrogens with one attached hydrogen (secondary N) is 1. The summed E-state index contributed by atoms with van der Waals surface area (Å²) in [4.78, 5) is 15.5. The second kappa shape index (κ2) is 6.28. The van der Waals surface area contributed by atoms with E-state index in [4.69, 9.17) is 0 Å². The fourth-order valence-corrected chi connectivity index (χ4v) is 4.75. The van der Waals surface area contributed by atoms with Crippen LogP contribution in [0.2, 0.25) is 0 Å². The van der Waals surface area contributed by atoms with Crippen LogP contribution in [0.15, 0.2) is 0 Å². The normalized spacial score (nSPS) is 30.5. The molecule has 1 aliphatic heterocycles. The Morgan fingerprint density at radius 3 is 2.29 bits per heavy atom. The highest BCUT2D eigenvalue weighted by Gasteiger charge is 2.53. The summed E-state index contributed by atoms with van der Waals surface area (Å²) in [5, 5.41) is 3.79. The molecule has 0 aromatic heterocycles. The molecule has 3 heteroatoms. The number of carbonyl (C=O) groups is 1. The van der Waals surface area contributed by atoms with E-state index in [-0.39, 0.29) is 5.54 Å². The third-order valence-corrected chi connectivity index (χ3v) is 5.79. The molecule has 1 amide bonds. The zero-order chi connectivity index (χ0) is 14.9. The van der Waals surface area contributed by atoms with E-state index in [0.29, 0.717) is 24.0 Å². The lowest BCUT2D eigenvalue weighted by atomic mass is 9.97. The molecule has 0 aromatic rings. The van der Waals surface area contributed by atoms with E-state index >= 15 is 0 Å². The summed E-state index contributed by atoms with van der Waals surface area (Å²) >= 11 is 0. The van der Waals surface area contributed by atoms with Crippen molar-refractivity contribution >= 4 is 5.91 Å². The van der Waals surface area contributed by atoms with E-state index in [0.717, 1.165) is 19.3 Å². The molecule has 0 radical (unpaired) electrons. The second-order valence-electron chi connectivity index (χ2n) is 7.94. The van der Waals surface area contributed by atoms with Gasteiger partial charge in [0.1, 0.15) is 0 Å². The van der Waals surface area contributed by atoms with E-state index in [1.54, 1.807) is 0 Å². The molecule has 1 atom stereocenters. The lowest BCUT2D eigenvalue weighted by molar-refractivity contribution is -0.135. The maximum absolute atomic E-state index is 13.2. The minimum absolute atomic E-state index is 0.189. The molecule has 1 unspecified atom stereocenters. The van der Waals surface area contributed by atoms with Crippen LogP contribution in [0.5, 0.6) is 0 Å². The highest BCUT2D eigenvalue weighted by atomic mass is 16.2. The van der Waals surface area contributed by atoms with Gasteiger partial charge in [0, 0.05) is 6.04 Å². The van der Waals surface area contributed by atoms with Crippen molar-refractivity contribution in [2.45, 2.75) is 102 Å². The van der Waals surface area contributed by atoms with Crippen LogP contribution in [0, 0.1) is 5.92 Å². The van der Waals surface area contributed by atoms with Crippen LogP contribution in [0.4, 0.5) is 0 Å². The van der Waals surface area contributed by atoms with Crippen LogP contribution < -0.4 is 5.32 Å². The summed E-state index contributed by atoms with van der Waals surface area (Å²) in [5.74, 6) is 1.08. The number of carbonyl (C=O) groups excluding carboxylic acids is 1. The molecular formula is C18H32N2O. The Hall–Kier alpha value is -0.570. The highest BCUT2D eigenvalue weighted by molar-refractivity contribution is 5.89. The Labute approximate surface area is 129 Å². The first-order chi connectivity index (χ1) is 10.1. The minimum Gasteiger partial charge on any atom is -0.323 e. The smallest absolute Gasteiger partial charge is 0.244 e. The molecule has 120 valence electrons. The molecule has 3 fully saturated rings. The molecule has 2 saturated carbocycles. The Morgan fingerprint density at radius 2 is 1.71 bits per heavy atom. The van der Waals surface area contributed by atoms with E-state index < -0.39 is 0 Å².